The lowest BCUT2D eigenvalue weighted by molar-refractivity contribution is -0.133. The van der Waals surface area contributed by atoms with E-state index >= 15 is 0 Å². The van der Waals surface area contributed by atoms with Gasteiger partial charge in [0.1, 0.15) is 18.4 Å². The molecule has 1 atom stereocenters. The van der Waals surface area contributed by atoms with Crippen LogP contribution in [-0.2, 0) is 33.8 Å². The maximum Gasteiger partial charge on any atom is 0.243 e. The van der Waals surface area contributed by atoms with E-state index in [4.69, 9.17) is 4.74 Å². The first kappa shape index (κ1) is 31.3. The van der Waals surface area contributed by atoms with Gasteiger partial charge in [-0.25, -0.2) is 0 Å². The molecule has 44 heavy (non-hydrogen) atoms. The molecule has 0 bridgehead atoms. The smallest absolute Gasteiger partial charge is 0.243 e. The molecule has 2 N–H and O–H groups in total. The van der Waals surface area contributed by atoms with Gasteiger partial charge in [-0.15, -0.1) is 0 Å². The number of ether oxygens (including phenoxy) is 1. The molecule has 2 aliphatic rings. The lowest BCUT2D eigenvalue weighted by Gasteiger charge is -2.32. The average Bonchev–Trinajstić information content (AvgIpc) is 3.57. The molecular weight excluding hydrogens is 550 g/mol. The molecule has 3 amide bonds. The maximum atomic E-state index is 13.3. The Bertz CT molecular complexity index is 1330. The van der Waals surface area contributed by atoms with Gasteiger partial charge in [0.15, 0.2) is 0 Å². The first-order valence-electron chi connectivity index (χ1n) is 16.2. The maximum absolute atomic E-state index is 13.3. The van der Waals surface area contributed by atoms with Crippen LogP contribution in [0.1, 0.15) is 68.1 Å². The van der Waals surface area contributed by atoms with Crippen molar-refractivity contribution in [3.05, 3.63) is 102 Å². The van der Waals surface area contributed by atoms with E-state index in [-0.39, 0.29) is 29.7 Å². The van der Waals surface area contributed by atoms with Gasteiger partial charge in [-0.05, 0) is 66.8 Å². The van der Waals surface area contributed by atoms with Crippen LogP contribution in [0.2, 0.25) is 0 Å². The van der Waals surface area contributed by atoms with Crippen LogP contribution in [0.3, 0.4) is 0 Å². The van der Waals surface area contributed by atoms with Crippen molar-refractivity contribution < 1.29 is 19.1 Å². The predicted molar refractivity (Wildman–Crippen MR) is 172 cm³/mol. The van der Waals surface area contributed by atoms with Crippen LogP contribution in [0.4, 0.5) is 0 Å². The van der Waals surface area contributed by atoms with Gasteiger partial charge in [-0.1, -0.05) is 85.6 Å². The number of carbonyl (C=O) groups excluding carboxylic acids is 3. The summed E-state index contributed by atoms with van der Waals surface area (Å²) in [5, 5.41) is 6.24. The van der Waals surface area contributed by atoms with Gasteiger partial charge in [-0.2, -0.15) is 0 Å². The lowest BCUT2D eigenvalue weighted by Crippen LogP contribution is -2.50. The Morgan fingerprint density at radius 2 is 1.41 bits per heavy atom. The number of amides is 3. The molecule has 1 aliphatic carbocycles. The number of rotatable bonds is 13. The van der Waals surface area contributed by atoms with E-state index in [1.165, 1.54) is 5.56 Å². The Kier molecular flexibility index (Phi) is 11.4. The molecule has 1 unspecified atom stereocenters. The normalized spacial score (nSPS) is 16.3. The summed E-state index contributed by atoms with van der Waals surface area (Å²) >= 11 is 0. The third kappa shape index (κ3) is 9.69. The second kappa shape index (κ2) is 16.1. The molecule has 7 nitrogen and oxygen atoms in total. The van der Waals surface area contributed by atoms with Crippen molar-refractivity contribution in [3.8, 4) is 5.75 Å². The zero-order chi connectivity index (χ0) is 30.6. The van der Waals surface area contributed by atoms with Crippen LogP contribution >= 0.6 is 0 Å². The third-order valence-corrected chi connectivity index (χ3v) is 8.88. The minimum absolute atomic E-state index is 0.103. The third-order valence-electron chi connectivity index (χ3n) is 8.88. The Labute approximate surface area is 261 Å². The van der Waals surface area contributed by atoms with E-state index in [9.17, 15) is 14.4 Å². The molecule has 5 rings (SSSR count). The number of hydrogen-bond acceptors (Lipinski definition) is 4. The summed E-state index contributed by atoms with van der Waals surface area (Å²) < 4.78 is 5.92. The quantitative estimate of drug-likeness (QED) is 0.269. The van der Waals surface area contributed by atoms with Crippen molar-refractivity contribution in [2.75, 3.05) is 13.1 Å². The van der Waals surface area contributed by atoms with E-state index < -0.39 is 6.04 Å². The van der Waals surface area contributed by atoms with Crippen LogP contribution < -0.4 is 15.4 Å². The fourth-order valence-corrected chi connectivity index (χ4v) is 6.24. The molecule has 3 aromatic carbocycles. The average molecular weight is 596 g/mol. The van der Waals surface area contributed by atoms with Crippen molar-refractivity contribution in [1.82, 2.24) is 15.5 Å². The Balaban J connectivity index is 1.11. The fraction of sp³-hybridized carbons (Fsp3) is 0.432. The van der Waals surface area contributed by atoms with Gasteiger partial charge < -0.3 is 20.3 Å². The minimum atomic E-state index is -0.640. The van der Waals surface area contributed by atoms with Gasteiger partial charge >= 0.3 is 0 Å². The topological polar surface area (TPSA) is 87.7 Å². The predicted octanol–water partition coefficient (Wildman–Crippen LogP) is 5.61. The van der Waals surface area contributed by atoms with Crippen molar-refractivity contribution in [2.24, 2.45) is 5.92 Å². The van der Waals surface area contributed by atoms with E-state index in [1.807, 2.05) is 77.7 Å². The van der Waals surface area contributed by atoms with E-state index in [2.05, 4.69) is 22.8 Å². The molecule has 1 heterocycles. The summed E-state index contributed by atoms with van der Waals surface area (Å²) in [7, 11) is 0. The molecule has 0 aromatic heterocycles. The van der Waals surface area contributed by atoms with E-state index in [1.54, 1.807) is 0 Å². The van der Waals surface area contributed by atoms with Crippen molar-refractivity contribution in [3.63, 3.8) is 0 Å². The zero-order valence-electron chi connectivity index (χ0n) is 25.6. The molecule has 1 aliphatic heterocycles. The monoisotopic (exact) mass is 595 g/mol. The minimum Gasteiger partial charge on any atom is -0.489 e. The van der Waals surface area contributed by atoms with Crippen LogP contribution in [0, 0.1) is 5.92 Å². The molecule has 1 saturated heterocycles. The molecule has 1 saturated carbocycles. The number of aryl methyl sites for hydroxylation is 1. The van der Waals surface area contributed by atoms with Crippen molar-refractivity contribution in [1.29, 1.82) is 0 Å². The summed E-state index contributed by atoms with van der Waals surface area (Å²) in [5.74, 6) is 0.921. The number of carbonyl (C=O) groups is 3. The Morgan fingerprint density at radius 1 is 0.773 bits per heavy atom. The van der Waals surface area contributed by atoms with Gasteiger partial charge in [0, 0.05) is 38.4 Å². The van der Waals surface area contributed by atoms with Crippen molar-refractivity contribution in [2.45, 2.75) is 82.9 Å². The molecule has 7 heteroatoms. The highest BCUT2D eigenvalue weighted by molar-refractivity contribution is 5.88. The van der Waals surface area contributed by atoms with Gasteiger partial charge in [0.05, 0.1) is 0 Å². The van der Waals surface area contributed by atoms with Crippen molar-refractivity contribution >= 4 is 17.7 Å². The van der Waals surface area contributed by atoms with E-state index in [0.29, 0.717) is 39.0 Å². The zero-order valence-corrected chi connectivity index (χ0v) is 25.6. The standard InChI is InChI=1S/C37H45N3O4/c41-35(26-30-21-23-40(24-22-30)36(42)20-17-28-9-3-1-4-10-28)39-34(37(43)38-32-13-7-8-14-32)25-29-15-18-33(19-16-29)44-27-31-11-5-2-6-12-31/h1-6,9-12,15-16,18-19,30,32,34H,7-8,13-14,17,20-27H2,(H,38,43)(H,39,41). The molecule has 2 fully saturated rings. The first-order valence-corrected chi connectivity index (χ1v) is 16.2. The highest BCUT2D eigenvalue weighted by Gasteiger charge is 2.28. The summed E-state index contributed by atoms with van der Waals surface area (Å²) in [6.07, 6.45) is 7.86. The molecule has 0 spiro atoms. The van der Waals surface area contributed by atoms with Crippen LogP contribution in [0.15, 0.2) is 84.9 Å². The van der Waals surface area contributed by atoms with Crippen LogP contribution in [0.25, 0.3) is 0 Å². The summed E-state index contributed by atoms with van der Waals surface area (Å²) in [6, 6.07) is 27.4. The number of likely N-dealkylation sites (tertiary alicyclic amines) is 1. The summed E-state index contributed by atoms with van der Waals surface area (Å²) in [5.41, 5.74) is 3.24. The fourth-order valence-electron chi connectivity index (χ4n) is 6.24. The highest BCUT2D eigenvalue weighted by Crippen LogP contribution is 2.22. The highest BCUT2D eigenvalue weighted by atomic mass is 16.5. The van der Waals surface area contributed by atoms with E-state index in [0.717, 1.165) is 61.8 Å². The van der Waals surface area contributed by atoms with Crippen LogP contribution in [0.5, 0.6) is 5.75 Å². The van der Waals surface area contributed by atoms with Crippen LogP contribution in [-0.4, -0.2) is 47.8 Å². The number of hydrogen-bond donors (Lipinski definition) is 2. The first-order chi connectivity index (χ1) is 21.5. The van der Waals surface area contributed by atoms with Gasteiger partial charge in [0.2, 0.25) is 17.7 Å². The second-order valence-corrected chi connectivity index (χ2v) is 12.2. The number of benzene rings is 3. The largest absolute Gasteiger partial charge is 0.489 e. The summed E-state index contributed by atoms with van der Waals surface area (Å²) in [4.78, 5) is 41.2. The lowest BCUT2D eigenvalue weighted by atomic mass is 9.92. The van der Waals surface area contributed by atoms with Gasteiger partial charge in [0.25, 0.3) is 0 Å². The molecule has 232 valence electrons. The molecule has 0 radical (unpaired) electrons. The number of nitrogens with zero attached hydrogens (tertiary/aromatic N) is 1. The number of nitrogens with one attached hydrogen (secondary N) is 2. The Morgan fingerprint density at radius 3 is 2.07 bits per heavy atom. The second-order valence-electron chi connectivity index (χ2n) is 12.2. The summed E-state index contributed by atoms with van der Waals surface area (Å²) in [6.45, 7) is 1.84. The SMILES string of the molecule is O=C(CC1CCN(C(=O)CCc2ccccc2)CC1)NC(Cc1ccc(OCc2ccccc2)cc1)C(=O)NC1CCCC1. The number of piperidine rings is 1. The molecular formula is C37H45N3O4. The Hall–Kier alpha value is -4.13. The van der Waals surface area contributed by atoms with Gasteiger partial charge in [-0.3, -0.25) is 14.4 Å². The molecule has 3 aromatic rings.